The molecule has 2 aromatic carbocycles. The van der Waals surface area contributed by atoms with Crippen LogP contribution in [0.5, 0.6) is 0 Å². The number of anilines is 2. The van der Waals surface area contributed by atoms with Gasteiger partial charge in [0.2, 0.25) is 5.91 Å². The molecule has 0 spiro atoms. The van der Waals surface area contributed by atoms with Crippen molar-refractivity contribution in [3.05, 3.63) is 108 Å². The van der Waals surface area contributed by atoms with Crippen molar-refractivity contribution < 1.29 is 9.53 Å². The van der Waals surface area contributed by atoms with Gasteiger partial charge in [-0.05, 0) is 78.9 Å². The number of aromatic nitrogens is 2. The Hall–Kier alpha value is -3.72. The number of nitrogens with one attached hydrogen (secondary N) is 2. The van der Waals surface area contributed by atoms with Gasteiger partial charge in [0, 0.05) is 47.3 Å². The van der Waals surface area contributed by atoms with Crippen molar-refractivity contribution in [3.63, 3.8) is 0 Å². The monoisotopic (exact) mass is 517 g/mol. The molecule has 1 aliphatic rings. The number of hydrogen-bond donors (Lipinski definition) is 2. The zero-order chi connectivity index (χ0) is 25.1. The van der Waals surface area contributed by atoms with Crippen LogP contribution in [0.2, 0.25) is 5.02 Å². The zero-order valence-corrected chi connectivity index (χ0v) is 21.0. The molecule has 36 heavy (non-hydrogen) atoms. The van der Waals surface area contributed by atoms with Crippen molar-refractivity contribution in [3.8, 4) is 5.69 Å². The van der Waals surface area contributed by atoms with E-state index >= 15 is 0 Å². The lowest BCUT2D eigenvalue weighted by molar-refractivity contribution is -0.119. The largest absolute Gasteiger partial charge is 0.375 e. The van der Waals surface area contributed by atoms with Crippen LogP contribution in [0.3, 0.4) is 0 Å². The predicted octanol–water partition coefficient (Wildman–Crippen LogP) is 5.29. The first-order valence-corrected chi connectivity index (χ1v) is 12.2. The summed E-state index contributed by atoms with van der Waals surface area (Å²) >= 11 is 12.2. The van der Waals surface area contributed by atoms with Gasteiger partial charge in [-0.2, -0.15) is 0 Å². The third-order valence-corrected chi connectivity index (χ3v) is 6.52. The molecule has 2 aromatic heterocycles. The Labute approximate surface area is 219 Å². The fraction of sp³-hybridized carbons (Fsp3) is 0.148. The van der Waals surface area contributed by atoms with Gasteiger partial charge >= 0.3 is 0 Å². The number of rotatable bonds is 7. The Balaban J connectivity index is 1.56. The minimum atomic E-state index is -0.212. The molecular weight excluding hydrogens is 494 g/mol. The number of amides is 1. The standard InChI is InChI=1S/C27H24ClN5O2S/c1-35-17-24(34)30-19-10-12-20(13-11-19)33-26(25(31-27(33)36)22-8-2-3-14-29-22)23-9-5-15-32(23)21-7-4-6-18(28)16-21/h2-16,25-26H,17H2,1H3,(H,30,34)(H,31,36)/t25-,26-/m1/s1. The topological polar surface area (TPSA) is 71.4 Å². The second-order valence-corrected chi connectivity index (χ2v) is 9.13. The quantitative estimate of drug-likeness (QED) is 0.325. The first-order valence-electron chi connectivity index (χ1n) is 11.4. The third kappa shape index (κ3) is 4.83. The average Bonchev–Trinajstić information content (AvgIpc) is 3.49. The van der Waals surface area contributed by atoms with E-state index in [0.717, 1.165) is 22.8 Å². The molecule has 0 saturated carbocycles. The Morgan fingerprint density at radius 1 is 1.08 bits per heavy atom. The van der Waals surface area contributed by atoms with Crippen LogP contribution < -0.4 is 15.5 Å². The van der Waals surface area contributed by atoms with Gasteiger partial charge in [0.05, 0.1) is 11.7 Å². The Morgan fingerprint density at radius 3 is 2.64 bits per heavy atom. The minimum absolute atomic E-state index is 0.00377. The number of thiocarbonyl (C=S) groups is 1. The lowest BCUT2D eigenvalue weighted by Gasteiger charge is -2.29. The summed E-state index contributed by atoms with van der Waals surface area (Å²) in [6, 6.07) is 24.9. The number of carbonyl (C=O) groups is 1. The highest BCUT2D eigenvalue weighted by molar-refractivity contribution is 7.80. The summed E-state index contributed by atoms with van der Waals surface area (Å²) in [7, 11) is 1.49. The van der Waals surface area contributed by atoms with Crippen LogP contribution in [0, 0.1) is 0 Å². The number of pyridine rings is 1. The second kappa shape index (κ2) is 10.5. The summed E-state index contributed by atoms with van der Waals surface area (Å²) in [6.45, 7) is -0.00377. The van der Waals surface area contributed by atoms with E-state index in [1.165, 1.54) is 7.11 Å². The molecule has 1 aliphatic heterocycles. The maximum absolute atomic E-state index is 11.9. The molecule has 3 heterocycles. The molecule has 4 aromatic rings. The minimum Gasteiger partial charge on any atom is -0.375 e. The highest BCUT2D eigenvalue weighted by Gasteiger charge is 2.42. The summed E-state index contributed by atoms with van der Waals surface area (Å²) in [5, 5.41) is 7.56. The first-order chi connectivity index (χ1) is 17.5. The number of hydrogen-bond acceptors (Lipinski definition) is 4. The van der Waals surface area contributed by atoms with E-state index in [4.69, 9.17) is 28.6 Å². The Bertz CT molecular complexity index is 1380. The van der Waals surface area contributed by atoms with Crippen molar-refractivity contribution in [2.75, 3.05) is 23.9 Å². The van der Waals surface area contributed by atoms with Gasteiger partial charge in [0.1, 0.15) is 12.6 Å². The van der Waals surface area contributed by atoms with Crippen LogP contribution >= 0.6 is 23.8 Å². The van der Waals surface area contributed by atoms with Crippen LogP contribution in [0.1, 0.15) is 23.5 Å². The third-order valence-electron chi connectivity index (χ3n) is 5.97. The van der Waals surface area contributed by atoms with Gasteiger partial charge < -0.3 is 24.8 Å². The molecule has 2 N–H and O–H groups in total. The molecule has 0 unspecified atom stereocenters. The maximum Gasteiger partial charge on any atom is 0.250 e. The fourth-order valence-electron chi connectivity index (χ4n) is 4.46. The smallest absolute Gasteiger partial charge is 0.250 e. The van der Waals surface area contributed by atoms with Crippen molar-refractivity contribution in [1.29, 1.82) is 0 Å². The summed E-state index contributed by atoms with van der Waals surface area (Å²) in [5.41, 5.74) is 4.43. The molecule has 0 aliphatic carbocycles. The number of methoxy groups -OCH3 is 1. The molecule has 5 rings (SSSR count). The van der Waals surface area contributed by atoms with E-state index in [9.17, 15) is 4.79 Å². The normalized spacial score (nSPS) is 17.2. The molecule has 7 nitrogen and oxygen atoms in total. The molecule has 1 fully saturated rings. The summed E-state index contributed by atoms with van der Waals surface area (Å²) < 4.78 is 7.02. The maximum atomic E-state index is 11.9. The molecule has 182 valence electrons. The van der Waals surface area contributed by atoms with Crippen LogP contribution in [-0.4, -0.2) is 34.3 Å². The number of halogens is 1. The van der Waals surface area contributed by atoms with Crippen LogP contribution in [-0.2, 0) is 9.53 Å². The molecule has 1 amide bonds. The van der Waals surface area contributed by atoms with Gasteiger partial charge in [-0.1, -0.05) is 23.7 Å². The number of nitrogens with zero attached hydrogens (tertiary/aromatic N) is 3. The molecule has 2 atom stereocenters. The fourth-order valence-corrected chi connectivity index (χ4v) is 4.99. The lowest BCUT2D eigenvalue weighted by atomic mass is 10.0. The van der Waals surface area contributed by atoms with Crippen molar-refractivity contribution in [2.24, 2.45) is 0 Å². The van der Waals surface area contributed by atoms with E-state index in [-0.39, 0.29) is 24.6 Å². The summed E-state index contributed by atoms with van der Waals surface area (Å²) in [4.78, 5) is 18.6. The van der Waals surface area contributed by atoms with Crippen molar-refractivity contribution >= 4 is 46.2 Å². The van der Waals surface area contributed by atoms with Gasteiger partial charge in [-0.25, -0.2) is 0 Å². The molecule has 0 bridgehead atoms. The molecule has 1 saturated heterocycles. The molecule has 0 radical (unpaired) electrons. The number of benzene rings is 2. The van der Waals surface area contributed by atoms with Gasteiger partial charge in [-0.15, -0.1) is 0 Å². The SMILES string of the molecule is COCC(=O)Nc1ccc(N2C(=S)N[C@H](c3ccccn3)[C@H]2c2cccn2-c2cccc(Cl)c2)cc1. The van der Waals surface area contributed by atoms with Gasteiger partial charge in [0.25, 0.3) is 0 Å². The van der Waals surface area contributed by atoms with Gasteiger partial charge in [0.15, 0.2) is 5.11 Å². The van der Waals surface area contributed by atoms with Crippen LogP contribution in [0.25, 0.3) is 5.69 Å². The number of ether oxygens (including phenoxy) is 1. The average molecular weight is 518 g/mol. The summed E-state index contributed by atoms with van der Waals surface area (Å²) in [6.07, 6.45) is 3.80. The molecule has 9 heteroatoms. The van der Waals surface area contributed by atoms with Crippen molar-refractivity contribution in [1.82, 2.24) is 14.9 Å². The van der Waals surface area contributed by atoms with E-state index in [2.05, 4.69) is 31.2 Å². The Morgan fingerprint density at radius 2 is 1.92 bits per heavy atom. The van der Waals surface area contributed by atoms with Crippen LogP contribution in [0.4, 0.5) is 11.4 Å². The highest BCUT2D eigenvalue weighted by Crippen LogP contribution is 2.42. The zero-order valence-electron chi connectivity index (χ0n) is 19.5. The van der Waals surface area contributed by atoms with Gasteiger partial charge in [-0.3, -0.25) is 9.78 Å². The van der Waals surface area contributed by atoms with E-state index in [0.29, 0.717) is 15.8 Å². The summed E-state index contributed by atoms with van der Waals surface area (Å²) in [5.74, 6) is -0.212. The van der Waals surface area contributed by atoms with E-state index in [1.807, 2.05) is 79.0 Å². The van der Waals surface area contributed by atoms with Crippen molar-refractivity contribution in [2.45, 2.75) is 12.1 Å². The van der Waals surface area contributed by atoms with Crippen LogP contribution in [0.15, 0.2) is 91.3 Å². The first kappa shape index (κ1) is 24.0. The number of carbonyl (C=O) groups excluding carboxylic acids is 1. The molecular formula is C27H24ClN5O2S. The van der Waals surface area contributed by atoms with E-state index < -0.39 is 0 Å². The predicted molar refractivity (Wildman–Crippen MR) is 146 cm³/mol. The lowest BCUT2D eigenvalue weighted by Crippen LogP contribution is -2.30. The second-order valence-electron chi connectivity index (χ2n) is 8.31. The highest BCUT2D eigenvalue weighted by atomic mass is 35.5. The van der Waals surface area contributed by atoms with E-state index in [1.54, 1.807) is 6.20 Å². The Kier molecular flexibility index (Phi) is 6.99.